The molecule has 0 aromatic carbocycles. The predicted molar refractivity (Wildman–Crippen MR) is 105 cm³/mol. The molecule has 2 aromatic heterocycles. The summed E-state index contributed by atoms with van der Waals surface area (Å²) in [4.78, 5) is 34.2. The molecular weight excluding hydrogens is 382 g/mol. The normalized spacial score (nSPS) is 20.1. The summed E-state index contributed by atoms with van der Waals surface area (Å²) < 4.78 is 6.18. The summed E-state index contributed by atoms with van der Waals surface area (Å²) in [7, 11) is 0. The number of piperidine rings is 1. The summed E-state index contributed by atoms with van der Waals surface area (Å²) in [5.74, 6) is 0.233. The molecule has 2 aromatic rings. The molecule has 1 spiro atoms. The zero-order chi connectivity index (χ0) is 18.9. The second kappa shape index (κ2) is 7.69. The molecule has 0 aliphatic carbocycles. The first-order chi connectivity index (χ1) is 13.1. The monoisotopic (exact) mass is 405 g/mol. The van der Waals surface area contributed by atoms with Crippen molar-refractivity contribution in [1.29, 1.82) is 0 Å². The molecule has 0 saturated carbocycles. The molecule has 0 bridgehead atoms. The van der Waals surface area contributed by atoms with Crippen LogP contribution in [0.3, 0.4) is 0 Å². The molecule has 2 amide bonds. The molecule has 4 rings (SSSR count). The van der Waals surface area contributed by atoms with Crippen LogP contribution in [0, 0.1) is 6.92 Å². The Morgan fingerprint density at radius 2 is 2.11 bits per heavy atom. The highest BCUT2D eigenvalue weighted by atomic mass is 32.1. The van der Waals surface area contributed by atoms with Crippen molar-refractivity contribution in [2.45, 2.75) is 38.3 Å². The molecule has 8 heteroatoms. The Morgan fingerprint density at radius 1 is 1.30 bits per heavy atom. The smallest absolute Gasteiger partial charge is 0.264 e. The van der Waals surface area contributed by atoms with E-state index in [2.05, 4.69) is 4.98 Å². The minimum atomic E-state index is -0.356. The average Bonchev–Trinajstić information content (AvgIpc) is 3.30. The van der Waals surface area contributed by atoms with Gasteiger partial charge in [-0.1, -0.05) is 0 Å². The van der Waals surface area contributed by atoms with E-state index in [1.54, 1.807) is 17.5 Å². The molecule has 2 aliphatic rings. The first-order valence-corrected chi connectivity index (χ1v) is 11.0. The van der Waals surface area contributed by atoms with Crippen molar-refractivity contribution >= 4 is 34.5 Å². The van der Waals surface area contributed by atoms with Gasteiger partial charge in [0.25, 0.3) is 5.91 Å². The fourth-order valence-electron chi connectivity index (χ4n) is 3.79. The highest BCUT2D eigenvalue weighted by Gasteiger charge is 2.41. The minimum absolute atomic E-state index is 0.113. The maximum absolute atomic E-state index is 12.8. The molecule has 2 aliphatic heterocycles. The van der Waals surface area contributed by atoms with Gasteiger partial charge in [0, 0.05) is 24.7 Å². The van der Waals surface area contributed by atoms with Gasteiger partial charge in [-0.2, -0.15) is 0 Å². The van der Waals surface area contributed by atoms with Crippen LogP contribution >= 0.6 is 22.7 Å². The van der Waals surface area contributed by atoms with Gasteiger partial charge in [-0.25, -0.2) is 4.98 Å². The van der Waals surface area contributed by atoms with Crippen LogP contribution < -0.4 is 0 Å². The lowest BCUT2D eigenvalue weighted by molar-refractivity contribution is -0.132. The predicted octanol–water partition coefficient (Wildman–Crippen LogP) is 2.94. The van der Waals surface area contributed by atoms with Gasteiger partial charge in [-0.15, -0.1) is 22.7 Å². The van der Waals surface area contributed by atoms with Crippen LogP contribution in [0.4, 0.5) is 0 Å². The highest BCUT2D eigenvalue weighted by Crippen LogP contribution is 2.32. The quantitative estimate of drug-likeness (QED) is 0.788. The lowest BCUT2D eigenvalue weighted by Crippen LogP contribution is -2.53. The van der Waals surface area contributed by atoms with Crippen LogP contribution in [-0.4, -0.2) is 58.4 Å². The van der Waals surface area contributed by atoms with Gasteiger partial charge in [0.2, 0.25) is 5.91 Å². The van der Waals surface area contributed by atoms with E-state index in [-0.39, 0.29) is 17.4 Å². The summed E-state index contributed by atoms with van der Waals surface area (Å²) >= 11 is 3.07. The van der Waals surface area contributed by atoms with Crippen LogP contribution in [-0.2, 0) is 16.1 Å². The van der Waals surface area contributed by atoms with E-state index >= 15 is 0 Å². The third-order valence-electron chi connectivity index (χ3n) is 5.38. The van der Waals surface area contributed by atoms with Crippen molar-refractivity contribution in [3.63, 3.8) is 0 Å². The number of ether oxygens (including phenoxy) is 1. The van der Waals surface area contributed by atoms with Gasteiger partial charge >= 0.3 is 0 Å². The SMILES string of the molecule is Cc1ccsc1C(=O)N1CCC2(CC1)CN(Cc1nccs1)C(=O)CCO2. The summed E-state index contributed by atoms with van der Waals surface area (Å²) in [6.45, 7) is 4.87. The van der Waals surface area contributed by atoms with E-state index in [1.807, 2.05) is 33.6 Å². The van der Waals surface area contributed by atoms with Gasteiger partial charge in [-0.3, -0.25) is 9.59 Å². The second-order valence-corrected chi connectivity index (χ2v) is 9.08. The van der Waals surface area contributed by atoms with Gasteiger partial charge in [-0.05, 0) is 36.8 Å². The maximum atomic E-state index is 12.8. The molecule has 6 nitrogen and oxygen atoms in total. The number of hydrogen-bond donors (Lipinski definition) is 0. The van der Waals surface area contributed by atoms with E-state index in [9.17, 15) is 9.59 Å². The van der Waals surface area contributed by atoms with Crippen molar-refractivity contribution in [1.82, 2.24) is 14.8 Å². The molecule has 0 radical (unpaired) electrons. The van der Waals surface area contributed by atoms with E-state index in [0.29, 0.717) is 39.2 Å². The molecule has 0 N–H and O–H groups in total. The van der Waals surface area contributed by atoms with Gasteiger partial charge < -0.3 is 14.5 Å². The largest absolute Gasteiger partial charge is 0.372 e. The lowest BCUT2D eigenvalue weighted by Gasteiger charge is -2.42. The number of nitrogens with zero attached hydrogens (tertiary/aromatic N) is 3. The Bertz CT molecular complexity index is 810. The molecular formula is C19H23N3O3S2. The molecule has 27 heavy (non-hydrogen) atoms. The maximum Gasteiger partial charge on any atom is 0.264 e. The number of amides is 2. The third kappa shape index (κ3) is 3.93. The van der Waals surface area contributed by atoms with Crippen LogP contribution in [0.5, 0.6) is 0 Å². The fourth-order valence-corrected chi connectivity index (χ4v) is 5.31. The zero-order valence-corrected chi connectivity index (χ0v) is 17.0. The van der Waals surface area contributed by atoms with Gasteiger partial charge in [0.1, 0.15) is 5.01 Å². The number of carbonyl (C=O) groups excluding carboxylic acids is 2. The Hall–Kier alpha value is -1.77. The summed E-state index contributed by atoms with van der Waals surface area (Å²) in [5.41, 5.74) is 0.682. The van der Waals surface area contributed by atoms with Crippen molar-refractivity contribution in [3.8, 4) is 0 Å². The number of aromatic nitrogens is 1. The molecule has 0 unspecified atom stereocenters. The van der Waals surface area contributed by atoms with E-state index in [1.165, 1.54) is 11.3 Å². The Balaban J connectivity index is 1.43. The minimum Gasteiger partial charge on any atom is -0.372 e. The number of thiazole rings is 1. The van der Waals surface area contributed by atoms with E-state index in [4.69, 9.17) is 4.74 Å². The molecule has 0 atom stereocenters. The Labute approximate surface area is 166 Å². The van der Waals surface area contributed by atoms with Gasteiger partial charge in [0.05, 0.1) is 36.6 Å². The molecule has 2 fully saturated rings. The average molecular weight is 406 g/mol. The lowest BCUT2D eigenvalue weighted by atomic mass is 9.90. The zero-order valence-electron chi connectivity index (χ0n) is 15.3. The van der Waals surface area contributed by atoms with Crippen LogP contribution in [0.1, 0.15) is 39.5 Å². The number of likely N-dealkylation sites (tertiary alicyclic amines) is 1. The highest BCUT2D eigenvalue weighted by molar-refractivity contribution is 7.12. The summed E-state index contributed by atoms with van der Waals surface area (Å²) in [6, 6.07) is 1.99. The number of hydrogen-bond acceptors (Lipinski definition) is 6. The van der Waals surface area contributed by atoms with Crippen molar-refractivity contribution in [2.24, 2.45) is 0 Å². The number of thiophene rings is 1. The number of rotatable bonds is 3. The number of carbonyl (C=O) groups is 2. The molecule has 2 saturated heterocycles. The first-order valence-electron chi connectivity index (χ1n) is 9.20. The topological polar surface area (TPSA) is 62.7 Å². The van der Waals surface area contributed by atoms with Crippen molar-refractivity contribution in [2.75, 3.05) is 26.2 Å². The number of aryl methyl sites for hydroxylation is 1. The van der Waals surface area contributed by atoms with Crippen LogP contribution in [0.15, 0.2) is 23.0 Å². The van der Waals surface area contributed by atoms with Crippen molar-refractivity contribution < 1.29 is 14.3 Å². The molecule has 4 heterocycles. The van der Waals surface area contributed by atoms with Crippen LogP contribution in [0.25, 0.3) is 0 Å². The standard InChI is InChI=1S/C19H23N3O3S2/c1-14-3-10-27-17(14)18(24)21-7-4-19(5-8-21)13-22(16(23)2-9-25-19)12-15-20-6-11-26-15/h3,6,10-11H,2,4-5,7-9,12-13H2,1H3. The summed E-state index contributed by atoms with van der Waals surface area (Å²) in [6.07, 6.45) is 3.69. The summed E-state index contributed by atoms with van der Waals surface area (Å²) in [5, 5.41) is 4.84. The first kappa shape index (κ1) is 18.6. The van der Waals surface area contributed by atoms with Crippen molar-refractivity contribution in [3.05, 3.63) is 38.5 Å². The second-order valence-electron chi connectivity index (χ2n) is 7.18. The fraction of sp³-hybridized carbons (Fsp3) is 0.526. The molecule has 144 valence electrons. The van der Waals surface area contributed by atoms with Crippen LogP contribution in [0.2, 0.25) is 0 Å². The van der Waals surface area contributed by atoms with Gasteiger partial charge in [0.15, 0.2) is 0 Å². The Morgan fingerprint density at radius 3 is 2.78 bits per heavy atom. The Kier molecular flexibility index (Phi) is 5.29. The van der Waals surface area contributed by atoms with E-state index in [0.717, 1.165) is 28.3 Å². The third-order valence-corrected chi connectivity index (χ3v) is 7.15. The van der Waals surface area contributed by atoms with E-state index < -0.39 is 0 Å².